The molecular weight excluding hydrogens is 468 g/mol. The molecule has 0 saturated carbocycles. The lowest BCUT2D eigenvalue weighted by molar-refractivity contribution is 0.569. The summed E-state index contributed by atoms with van der Waals surface area (Å²) in [4.78, 5) is 28.5. The van der Waals surface area contributed by atoms with E-state index in [-0.39, 0.29) is 10.8 Å². The maximum absolute atomic E-state index is 4.82. The van der Waals surface area contributed by atoms with Crippen molar-refractivity contribution in [2.24, 2.45) is 0 Å². The molecule has 0 saturated heterocycles. The van der Waals surface area contributed by atoms with Crippen LogP contribution in [0, 0.1) is 0 Å². The predicted molar refractivity (Wildman–Crippen MR) is 152 cm³/mol. The van der Waals surface area contributed by atoms with Gasteiger partial charge in [0.05, 0.1) is 5.69 Å². The van der Waals surface area contributed by atoms with Gasteiger partial charge in [-0.1, -0.05) is 77.9 Å². The number of benzene rings is 1. The molecule has 4 heterocycles. The van der Waals surface area contributed by atoms with Crippen molar-refractivity contribution >= 4 is 0 Å². The summed E-state index contributed by atoms with van der Waals surface area (Å²) in [5.41, 5.74) is 6.40. The van der Waals surface area contributed by atoms with Gasteiger partial charge in [-0.05, 0) is 41.3 Å². The van der Waals surface area contributed by atoms with Crippen LogP contribution in [0.2, 0.25) is 0 Å². The quantitative estimate of drug-likeness (QED) is 0.257. The monoisotopic (exact) mass is 500 g/mol. The molecule has 0 N–H and O–H groups in total. The molecule has 0 amide bonds. The Bertz CT molecular complexity index is 1450. The Balaban J connectivity index is 1.59. The van der Waals surface area contributed by atoms with Gasteiger partial charge in [0, 0.05) is 46.4 Å². The second-order valence-electron chi connectivity index (χ2n) is 11.5. The first-order chi connectivity index (χ1) is 18.1. The van der Waals surface area contributed by atoms with Crippen molar-refractivity contribution in [2.45, 2.75) is 52.4 Å². The molecule has 6 heteroatoms. The molecule has 5 rings (SSSR count). The van der Waals surface area contributed by atoms with Gasteiger partial charge in [-0.2, -0.15) is 0 Å². The molecule has 0 fully saturated rings. The third-order valence-electron chi connectivity index (χ3n) is 6.38. The van der Waals surface area contributed by atoms with Crippen molar-refractivity contribution in [2.75, 3.05) is 0 Å². The van der Waals surface area contributed by atoms with E-state index >= 15 is 0 Å². The summed E-state index contributed by atoms with van der Waals surface area (Å²) in [6.45, 7) is 12.9. The minimum Gasteiger partial charge on any atom is -0.260 e. The van der Waals surface area contributed by atoms with E-state index in [1.807, 2.05) is 79.3 Å². The summed E-state index contributed by atoms with van der Waals surface area (Å²) in [5.74, 6) is 1.60. The second kappa shape index (κ2) is 9.86. The van der Waals surface area contributed by atoms with Gasteiger partial charge in [0.15, 0.2) is 17.5 Å². The molecule has 6 nitrogen and oxygen atoms in total. The summed E-state index contributed by atoms with van der Waals surface area (Å²) < 4.78 is 0. The van der Waals surface area contributed by atoms with E-state index in [9.17, 15) is 0 Å². The third-order valence-corrected chi connectivity index (χ3v) is 6.38. The molecule has 0 aliphatic heterocycles. The molecule has 190 valence electrons. The first-order valence-electron chi connectivity index (χ1n) is 12.8. The molecule has 5 aromatic rings. The van der Waals surface area contributed by atoms with Crippen molar-refractivity contribution in [3.63, 3.8) is 0 Å². The van der Waals surface area contributed by atoms with Crippen LogP contribution in [0.3, 0.4) is 0 Å². The molecule has 1 aromatic carbocycles. The van der Waals surface area contributed by atoms with E-state index in [0.717, 1.165) is 33.6 Å². The SMILES string of the molecule is CC(C)(C)c1ccc(-c2nc(-c3ccc(-c4ccccc4)nc3)nc(-c3ccc(C(C)(C)C)nc3)n2)nc1. The van der Waals surface area contributed by atoms with E-state index in [1.54, 1.807) is 0 Å². The second-order valence-corrected chi connectivity index (χ2v) is 11.5. The van der Waals surface area contributed by atoms with E-state index in [1.165, 1.54) is 0 Å². The van der Waals surface area contributed by atoms with Crippen LogP contribution in [-0.2, 0) is 10.8 Å². The molecule has 0 aliphatic rings. The van der Waals surface area contributed by atoms with Gasteiger partial charge >= 0.3 is 0 Å². The van der Waals surface area contributed by atoms with E-state index in [4.69, 9.17) is 19.9 Å². The maximum Gasteiger partial charge on any atom is 0.182 e. The van der Waals surface area contributed by atoms with Crippen LogP contribution < -0.4 is 0 Å². The maximum atomic E-state index is 4.82. The van der Waals surface area contributed by atoms with E-state index in [2.05, 4.69) is 57.6 Å². The summed E-state index contributed by atoms with van der Waals surface area (Å²) in [6, 6.07) is 22.2. The standard InChI is InChI=1S/C32H32N6/c1-31(2,3)24-14-16-26(34-20-24)30-37-28(22-12-15-25(33-18-22)21-10-8-7-9-11-21)36-29(38-30)23-13-17-27(35-19-23)32(4,5)6/h7-20H,1-6H3. The number of hydrogen-bond acceptors (Lipinski definition) is 6. The van der Waals surface area contributed by atoms with Crippen LogP contribution in [0.25, 0.3) is 45.6 Å². The average Bonchev–Trinajstić information content (AvgIpc) is 2.92. The summed E-state index contributed by atoms with van der Waals surface area (Å²) >= 11 is 0. The van der Waals surface area contributed by atoms with Gasteiger partial charge in [0.25, 0.3) is 0 Å². The van der Waals surface area contributed by atoms with Gasteiger partial charge in [-0.3, -0.25) is 15.0 Å². The number of rotatable bonds is 4. The lowest BCUT2D eigenvalue weighted by atomic mass is 9.88. The molecular formula is C32H32N6. The zero-order valence-corrected chi connectivity index (χ0v) is 22.8. The Morgan fingerprint density at radius 2 is 1.03 bits per heavy atom. The highest BCUT2D eigenvalue weighted by molar-refractivity contribution is 5.67. The van der Waals surface area contributed by atoms with Gasteiger partial charge in [0.2, 0.25) is 0 Å². The molecule has 0 spiro atoms. The number of nitrogens with zero attached hydrogens (tertiary/aromatic N) is 6. The summed E-state index contributed by atoms with van der Waals surface area (Å²) in [6.07, 6.45) is 5.53. The fourth-order valence-corrected chi connectivity index (χ4v) is 3.99. The summed E-state index contributed by atoms with van der Waals surface area (Å²) in [7, 11) is 0. The van der Waals surface area contributed by atoms with Crippen LogP contribution in [0.15, 0.2) is 85.3 Å². The molecule has 0 unspecified atom stereocenters. The van der Waals surface area contributed by atoms with Gasteiger partial charge in [-0.15, -0.1) is 0 Å². The van der Waals surface area contributed by atoms with Crippen LogP contribution in [0.4, 0.5) is 0 Å². The largest absolute Gasteiger partial charge is 0.260 e. The smallest absolute Gasteiger partial charge is 0.182 e. The van der Waals surface area contributed by atoms with Gasteiger partial charge in [0.1, 0.15) is 5.69 Å². The Hall–Kier alpha value is -4.32. The number of hydrogen-bond donors (Lipinski definition) is 0. The zero-order chi connectivity index (χ0) is 26.9. The molecule has 4 aromatic heterocycles. The molecule has 0 radical (unpaired) electrons. The molecule has 0 aliphatic carbocycles. The third kappa shape index (κ3) is 5.49. The molecule has 38 heavy (non-hydrogen) atoms. The normalized spacial score (nSPS) is 11.9. The lowest BCUT2D eigenvalue weighted by Crippen LogP contribution is -2.13. The molecule has 0 atom stereocenters. The first kappa shape index (κ1) is 25.3. The Kier molecular flexibility index (Phi) is 6.57. The minimum atomic E-state index is -0.0428. The average molecular weight is 501 g/mol. The minimum absolute atomic E-state index is 0.00753. The lowest BCUT2D eigenvalue weighted by Gasteiger charge is -2.18. The fraction of sp³-hybridized carbons (Fsp3) is 0.250. The zero-order valence-electron chi connectivity index (χ0n) is 22.8. The van der Waals surface area contributed by atoms with Crippen LogP contribution in [0.1, 0.15) is 52.8 Å². The van der Waals surface area contributed by atoms with Gasteiger partial charge < -0.3 is 0 Å². The van der Waals surface area contributed by atoms with Crippen molar-refractivity contribution in [1.29, 1.82) is 0 Å². The van der Waals surface area contributed by atoms with Crippen LogP contribution in [0.5, 0.6) is 0 Å². The van der Waals surface area contributed by atoms with Crippen LogP contribution >= 0.6 is 0 Å². The van der Waals surface area contributed by atoms with Crippen LogP contribution in [-0.4, -0.2) is 29.9 Å². The fourth-order valence-electron chi connectivity index (χ4n) is 3.99. The highest BCUT2D eigenvalue weighted by Gasteiger charge is 2.18. The Labute approximate surface area is 224 Å². The number of pyridine rings is 3. The predicted octanol–water partition coefficient (Wildman–Crippen LogP) is 7.32. The summed E-state index contributed by atoms with van der Waals surface area (Å²) in [5, 5.41) is 0. The van der Waals surface area contributed by atoms with Gasteiger partial charge in [-0.25, -0.2) is 15.0 Å². The highest BCUT2D eigenvalue weighted by Crippen LogP contribution is 2.28. The van der Waals surface area contributed by atoms with Crippen molar-refractivity contribution in [3.8, 4) is 45.6 Å². The number of aromatic nitrogens is 6. The highest BCUT2D eigenvalue weighted by atomic mass is 15.0. The first-order valence-corrected chi connectivity index (χ1v) is 12.8. The van der Waals surface area contributed by atoms with E-state index in [0.29, 0.717) is 23.2 Å². The van der Waals surface area contributed by atoms with Crippen molar-refractivity contribution < 1.29 is 0 Å². The topological polar surface area (TPSA) is 77.3 Å². The molecule has 0 bridgehead atoms. The Morgan fingerprint density at radius 3 is 1.53 bits per heavy atom. The van der Waals surface area contributed by atoms with Crippen molar-refractivity contribution in [3.05, 3.63) is 96.6 Å². The van der Waals surface area contributed by atoms with Crippen molar-refractivity contribution in [1.82, 2.24) is 29.9 Å². The Morgan fingerprint density at radius 1 is 0.447 bits per heavy atom. The van der Waals surface area contributed by atoms with E-state index < -0.39 is 0 Å².